The molecule has 1 aromatic carbocycles. The molecule has 0 amide bonds. The molecule has 1 aliphatic rings. The van der Waals surface area contributed by atoms with E-state index in [1.165, 1.54) is 12.5 Å². The normalized spacial score (nSPS) is 19.9. The Labute approximate surface area is 134 Å². The summed E-state index contributed by atoms with van der Waals surface area (Å²) in [5, 5.41) is 6.29. The highest BCUT2D eigenvalue weighted by Crippen LogP contribution is 2.29. The number of hydrogen-bond donors (Lipinski definition) is 2. The lowest BCUT2D eigenvalue weighted by Gasteiger charge is -2.21. The van der Waals surface area contributed by atoms with E-state index in [1.807, 2.05) is 0 Å². The lowest BCUT2D eigenvalue weighted by Crippen LogP contribution is -2.43. The first-order valence-corrected chi connectivity index (χ1v) is 7.71. The maximum absolute atomic E-state index is 12.7. The molecule has 128 valence electrons. The highest BCUT2D eigenvalue weighted by Gasteiger charge is 2.30. The van der Waals surface area contributed by atoms with Crippen LogP contribution in [0.15, 0.2) is 29.3 Å². The van der Waals surface area contributed by atoms with Crippen LogP contribution in [-0.2, 0) is 12.7 Å². The second kappa shape index (κ2) is 7.68. The fourth-order valence-electron chi connectivity index (χ4n) is 2.72. The van der Waals surface area contributed by atoms with Crippen molar-refractivity contribution in [2.45, 2.75) is 31.6 Å². The summed E-state index contributed by atoms with van der Waals surface area (Å²) in [6, 6.07) is 5.79. The molecule has 1 unspecified atom stereocenters. The first kappa shape index (κ1) is 17.6. The molecule has 0 bridgehead atoms. The maximum atomic E-state index is 12.7. The maximum Gasteiger partial charge on any atom is 0.416 e. The van der Waals surface area contributed by atoms with Gasteiger partial charge in [0.1, 0.15) is 0 Å². The molecule has 0 aliphatic carbocycles. The molecule has 0 spiro atoms. The molecule has 7 heteroatoms. The number of likely N-dealkylation sites (tertiary alicyclic amines) is 1. The Bertz CT molecular complexity index is 542. The van der Waals surface area contributed by atoms with E-state index in [0.717, 1.165) is 31.6 Å². The van der Waals surface area contributed by atoms with E-state index in [1.54, 1.807) is 13.1 Å². The van der Waals surface area contributed by atoms with Gasteiger partial charge in [0.05, 0.1) is 5.56 Å². The van der Waals surface area contributed by atoms with Crippen molar-refractivity contribution < 1.29 is 13.2 Å². The Morgan fingerprint density at radius 2 is 2.13 bits per heavy atom. The molecule has 1 atom stereocenters. The summed E-state index contributed by atoms with van der Waals surface area (Å²) in [7, 11) is 3.75. The molecule has 1 fully saturated rings. The van der Waals surface area contributed by atoms with Gasteiger partial charge in [-0.25, -0.2) is 0 Å². The highest BCUT2D eigenvalue weighted by molar-refractivity contribution is 5.79. The van der Waals surface area contributed by atoms with Gasteiger partial charge < -0.3 is 15.5 Å². The van der Waals surface area contributed by atoms with Crippen LogP contribution in [0.2, 0.25) is 0 Å². The molecule has 0 saturated carbocycles. The lowest BCUT2D eigenvalue weighted by atomic mass is 10.1. The largest absolute Gasteiger partial charge is 0.416 e. The smallest absolute Gasteiger partial charge is 0.355 e. The van der Waals surface area contributed by atoms with Gasteiger partial charge in [0.2, 0.25) is 0 Å². The number of halogens is 3. The number of rotatable bonds is 4. The van der Waals surface area contributed by atoms with Crippen LogP contribution in [0.3, 0.4) is 0 Å². The Balaban J connectivity index is 1.86. The van der Waals surface area contributed by atoms with Crippen molar-refractivity contribution in [2.75, 3.05) is 27.2 Å². The van der Waals surface area contributed by atoms with Gasteiger partial charge in [0, 0.05) is 26.2 Å². The quantitative estimate of drug-likeness (QED) is 0.659. The van der Waals surface area contributed by atoms with E-state index in [-0.39, 0.29) is 0 Å². The Hall–Kier alpha value is -1.76. The Kier molecular flexibility index (Phi) is 5.87. The van der Waals surface area contributed by atoms with Crippen LogP contribution in [-0.4, -0.2) is 44.1 Å². The van der Waals surface area contributed by atoms with Crippen molar-refractivity contribution in [1.29, 1.82) is 0 Å². The fraction of sp³-hybridized carbons (Fsp3) is 0.562. The van der Waals surface area contributed by atoms with Crippen LogP contribution in [0.25, 0.3) is 0 Å². The van der Waals surface area contributed by atoms with E-state index < -0.39 is 11.7 Å². The predicted molar refractivity (Wildman–Crippen MR) is 85.3 cm³/mol. The average molecular weight is 328 g/mol. The minimum atomic E-state index is -4.32. The van der Waals surface area contributed by atoms with Gasteiger partial charge in [-0.1, -0.05) is 12.1 Å². The minimum Gasteiger partial charge on any atom is -0.355 e. The van der Waals surface area contributed by atoms with Crippen LogP contribution >= 0.6 is 0 Å². The zero-order valence-corrected chi connectivity index (χ0v) is 13.5. The number of nitrogens with zero attached hydrogens (tertiary/aromatic N) is 2. The average Bonchev–Trinajstić information content (AvgIpc) is 2.92. The van der Waals surface area contributed by atoms with Crippen molar-refractivity contribution in [3.63, 3.8) is 0 Å². The fourth-order valence-corrected chi connectivity index (χ4v) is 2.72. The molecule has 23 heavy (non-hydrogen) atoms. The van der Waals surface area contributed by atoms with Crippen LogP contribution in [0.4, 0.5) is 13.2 Å². The lowest BCUT2D eigenvalue weighted by molar-refractivity contribution is -0.137. The van der Waals surface area contributed by atoms with Crippen molar-refractivity contribution in [1.82, 2.24) is 15.5 Å². The summed E-state index contributed by atoms with van der Waals surface area (Å²) in [6.45, 7) is 2.17. The second-order valence-electron chi connectivity index (χ2n) is 5.78. The van der Waals surface area contributed by atoms with Gasteiger partial charge in [-0.2, -0.15) is 13.2 Å². The first-order valence-electron chi connectivity index (χ1n) is 7.71. The van der Waals surface area contributed by atoms with Crippen LogP contribution < -0.4 is 10.6 Å². The SMILES string of the molecule is CN=C(NCc1cccc(C(F)(F)F)c1)NCC1CCCN1C. The predicted octanol–water partition coefficient (Wildman–Crippen LogP) is 2.46. The Morgan fingerprint density at radius 1 is 1.35 bits per heavy atom. The van der Waals surface area contributed by atoms with Gasteiger partial charge >= 0.3 is 6.18 Å². The summed E-state index contributed by atoms with van der Waals surface area (Å²) >= 11 is 0. The van der Waals surface area contributed by atoms with Crippen molar-refractivity contribution in [3.8, 4) is 0 Å². The molecule has 2 N–H and O–H groups in total. The van der Waals surface area contributed by atoms with Crippen LogP contribution in [0.5, 0.6) is 0 Å². The van der Waals surface area contributed by atoms with E-state index in [2.05, 4.69) is 27.6 Å². The summed E-state index contributed by atoms with van der Waals surface area (Å²) in [5.41, 5.74) is -0.0620. The summed E-state index contributed by atoms with van der Waals surface area (Å²) in [6.07, 6.45) is -1.98. The number of hydrogen-bond acceptors (Lipinski definition) is 2. The van der Waals surface area contributed by atoms with Crippen molar-refractivity contribution in [3.05, 3.63) is 35.4 Å². The third kappa shape index (κ3) is 5.13. The summed E-state index contributed by atoms with van der Waals surface area (Å²) < 4.78 is 38.1. The standard InChI is InChI=1S/C16H23F3N4/c1-20-15(22-11-14-7-4-8-23(14)2)21-10-12-5-3-6-13(9-12)16(17,18)19/h3,5-6,9,14H,4,7-8,10-11H2,1-2H3,(H2,20,21,22). The molecule has 1 aliphatic heterocycles. The molecule has 2 rings (SSSR count). The molecule has 1 saturated heterocycles. The number of benzene rings is 1. The number of likely N-dealkylation sites (N-methyl/N-ethyl adjacent to an activating group) is 1. The zero-order valence-electron chi connectivity index (χ0n) is 13.5. The van der Waals surface area contributed by atoms with Crippen molar-refractivity contribution >= 4 is 5.96 Å². The third-order valence-electron chi connectivity index (χ3n) is 4.11. The number of guanidine groups is 1. The van der Waals surface area contributed by atoms with E-state index in [4.69, 9.17) is 0 Å². The third-order valence-corrected chi connectivity index (χ3v) is 4.11. The molecule has 1 aromatic rings. The van der Waals surface area contributed by atoms with E-state index in [9.17, 15) is 13.2 Å². The van der Waals surface area contributed by atoms with E-state index >= 15 is 0 Å². The van der Waals surface area contributed by atoms with Gasteiger partial charge in [0.15, 0.2) is 5.96 Å². The molecule has 1 heterocycles. The molecular formula is C16H23F3N4. The molecule has 0 radical (unpaired) electrons. The second-order valence-corrected chi connectivity index (χ2v) is 5.78. The number of aliphatic imine (C=N–C) groups is 1. The molecular weight excluding hydrogens is 305 g/mol. The molecule has 4 nitrogen and oxygen atoms in total. The highest BCUT2D eigenvalue weighted by atomic mass is 19.4. The van der Waals surface area contributed by atoms with E-state index in [0.29, 0.717) is 24.1 Å². The summed E-state index contributed by atoms with van der Waals surface area (Å²) in [5.74, 6) is 0.600. The first-order chi connectivity index (χ1) is 10.9. The number of alkyl halides is 3. The monoisotopic (exact) mass is 328 g/mol. The van der Waals surface area contributed by atoms with Gasteiger partial charge in [-0.3, -0.25) is 4.99 Å². The Morgan fingerprint density at radius 3 is 2.74 bits per heavy atom. The van der Waals surface area contributed by atoms with Crippen LogP contribution in [0.1, 0.15) is 24.0 Å². The van der Waals surface area contributed by atoms with Gasteiger partial charge in [0.25, 0.3) is 0 Å². The molecule has 0 aromatic heterocycles. The minimum absolute atomic E-state index is 0.296. The van der Waals surface area contributed by atoms with Crippen LogP contribution in [0, 0.1) is 0 Å². The van der Waals surface area contributed by atoms with Gasteiger partial charge in [-0.05, 0) is 44.1 Å². The number of nitrogens with one attached hydrogen (secondary N) is 2. The topological polar surface area (TPSA) is 39.7 Å². The zero-order chi connectivity index (χ0) is 16.9. The van der Waals surface area contributed by atoms with Crippen molar-refractivity contribution in [2.24, 2.45) is 4.99 Å². The summed E-state index contributed by atoms with van der Waals surface area (Å²) in [4.78, 5) is 6.41. The van der Waals surface area contributed by atoms with Gasteiger partial charge in [-0.15, -0.1) is 0 Å².